The molecule has 134 valence electrons. The third-order valence-electron chi connectivity index (χ3n) is 4.28. The lowest BCUT2D eigenvalue weighted by atomic mass is 10.0. The standard InChI is InChI=1S/C20H22N4O2/c1-24-16(12-18(23-24)15-8-9-22-20(11-15)26-2)13-19(25)17(21)10-14-6-4-3-5-7-14/h3-9,11-12,17H,10,13,21H2,1-2H3/t17-/m0/s1. The Morgan fingerprint density at radius 3 is 2.73 bits per heavy atom. The van der Waals surface area contributed by atoms with Gasteiger partial charge in [0.15, 0.2) is 5.78 Å². The predicted molar refractivity (Wildman–Crippen MR) is 99.8 cm³/mol. The van der Waals surface area contributed by atoms with Crippen LogP contribution in [0.4, 0.5) is 0 Å². The molecule has 3 rings (SSSR count). The predicted octanol–water partition coefficient (Wildman–Crippen LogP) is 2.17. The molecular weight excluding hydrogens is 328 g/mol. The second kappa shape index (κ2) is 7.93. The van der Waals surface area contributed by atoms with Crippen molar-refractivity contribution in [2.75, 3.05) is 7.11 Å². The minimum atomic E-state index is -0.531. The van der Waals surface area contributed by atoms with Gasteiger partial charge < -0.3 is 10.5 Å². The smallest absolute Gasteiger partial charge is 0.213 e. The van der Waals surface area contributed by atoms with E-state index in [4.69, 9.17) is 10.5 Å². The number of aromatic nitrogens is 3. The monoisotopic (exact) mass is 350 g/mol. The van der Waals surface area contributed by atoms with Crippen LogP contribution in [0.2, 0.25) is 0 Å². The van der Waals surface area contributed by atoms with Crippen molar-refractivity contribution in [3.63, 3.8) is 0 Å². The van der Waals surface area contributed by atoms with Crippen LogP contribution in [-0.2, 0) is 24.7 Å². The minimum absolute atomic E-state index is 0.00397. The first kappa shape index (κ1) is 17.8. The highest BCUT2D eigenvalue weighted by Crippen LogP contribution is 2.22. The average Bonchev–Trinajstić information content (AvgIpc) is 3.03. The minimum Gasteiger partial charge on any atom is -0.481 e. The molecule has 0 aliphatic carbocycles. The summed E-state index contributed by atoms with van der Waals surface area (Å²) >= 11 is 0. The molecule has 2 N–H and O–H groups in total. The van der Waals surface area contributed by atoms with Crippen LogP contribution in [0.5, 0.6) is 5.88 Å². The first-order valence-corrected chi connectivity index (χ1v) is 8.42. The van der Waals surface area contributed by atoms with E-state index >= 15 is 0 Å². The summed E-state index contributed by atoms with van der Waals surface area (Å²) in [5.74, 6) is 0.520. The molecule has 0 bridgehead atoms. The molecule has 0 aliphatic heterocycles. The first-order valence-electron chi connectivity index (χ1n) is 8.42. The largest absolute Gasteiger partial charge is 0.481 e. The number of nitrogens with two attached hydrogens (primary N) is 1. The van der Waals surface area contributed by atoms with E-state index in [0.29, 0.717) is 12.3 Å². The van der Waals surface area contributed by atoms with Crippen LogP contribution in [0.25, 0.3) is 11.3 Å². The van der Waals surface area contributed by atoms with E-state index in [0.717, 1.165) is 22.5 Å². The van der Waals surface area contributed by atoms with Gasteiger partial charge in [0.05, 0.1) is 25.3 Å². The molecule has 26 heavy (non-hydrogen) atoms. The SMILES string of the molecule is COc1cc(-c2cc(CC(=O)[C@@H](N)Cc3ccccc3)n(C)n2)ccn1. The van der Waals surface area contributed by atoms with Gasteiger partial charge in [0.2, 0.25) is 5.88 Å². The number of aryl methyl sites for hydroxylation is 1. The number of nitrogens with zero attached hydrogens (tertiary/aromatic N) is 3. The molecular formula is C20H22N4O2. The van der Waals surface area contributed by atoms with Crippen molar-refractivity contribution in [3.05, 3.63) is 66.0 Å². The molecule has 0 aliphatic rings. The van der Waals surface area contributed by atoms with Gasteiger partial charge in [0.1, 0.15) is 0 Å². The average molecular weight is 350 g/mol. The fourth-order valence-electron chi connectivity index (χ4n) is 2.78. The van der Waals surface area contributed by atoms with Crippen molar-refractivity contribution in [2.24, 2.45) is 12.8 Å². The van der Waals surface area contributed by atoms with E-state index in [9.17, 15) is 4.79 Å². The van der Waals surface area contributed by atoms with Crippen molar-refractivity contribution >= 4 is 5.78 Å². The fourth-order valence-corrected chi connectivity index (χ4v) is 2.78. The number of ether oxygens (including phenoxy) is 1. The summed E-state index contributed by atoms with van der Waals surface area (Å²) in [5, 5.41) is 4.49. The number of ketones is 1. The highest BCUT2D eigenvalue weighted by atomic mass is 16.5. The third-order valence-corrected chi connectivity index (χ3v) is 4.28. The van der Waals surface area contributed by atoms with E-state index in [2.05, 4.69) is 10.1 Å². The molecule has 6 nitrogen and oxygen atoms in total. The summed E-state index contributed by atoms with van der Waals surface area (Å²) in [4.78, 5) is 16.6. The van der Waals surface area contributed by atoms with Crippen LogP contribution in [0.3, 0.4) is 0 Å². The Bertz CT molecular complexity index is 890. The summed E-state index contributed by atoms with van der Waals surface area (Å²) < 4.78 is 6.87. The van der Waals surface area contributed by atoms with Crippen LogP contribution in [0.1, 0.15) is 11.3 Å². The van der Waals surface area contributed by atoms with E-state index in [1.807, 2.05) is 55.6 Å². The molecule has 0 spiro atoms. The second-order valence-electron chi connectivity index (χ2n) is 6.17. The van der Waals surface area contributed by atoms with Crippen molar-refractivity contribution in [1.82, 2.24) is 14.8 Å². The molecule has 6 heteroatoms. The Balaban J connectivity index is 1.71. The lowest BCUT2D eigenvalue weighted by Crippen LogP contribution is -2.34. The fraction of sp³-hybridized carbons (Fsp3) is 0.250. The van der Waals surface area contributed by atoms with Gasteiger partial charge in [-0.05, 0) is 24.1 Å². The Hall–Kier alpha value is -2.99. The molecule has 1 aromatic carbocycles. The molecule has 2 aromatic heterocycles. The Labute approximate surface area is 152 Å². The van der Waals surface area contributed by atoms with Gasteiger partial charge in [0, 0.05) is 30.6 Å². The molecule has 0 fully saturated rings. The van der Waals surface area contributed by atoms with Crippen LogP contribution in [-0.4, -0.2) is 33.7 Å². The normalized spacial score (nSPS) is 12.0. The number of Topliss-reactive ketones (excluding diaryl/α,β-unsaturated/α-hetero) is 1. The van der Waals surface area contributed by atoms with Gasteiger partial charge in [-0.1, -0.05) is 30.3 Å². The Morgan fingerprint density at radius 1 is 1.23 bits per heavy atom. The zero-order valence-corrected chi connectivity index (χ0v) is 14.9. The van der Waals surface area contributed by atoms with Gasteiger partial charge in [0.25, 0.3) is 0 Å². The number of carbonyl (C=O) groups is 1. The number of hydrogen-bond acceptors (Lipinski definition) is 5. The molecule has 0 saturated heterocycles. The van der Waals surface area contributed by atoms with Gasteiger partial charge in [-0.25, -0.2) is 4.98 Å². The van der Waals surface area contributed by atoms with Crippen LogP contribution in [0.15, 0.2) is 54.7 Å². The van der Waals surface area contributed by atoms with Crippen LogP contribution >= 0.6 is 0 Å². The number of carbonyl (C=O) groups excluding carboxylic acids is 1. The van der Waals surface area contributed by atoms with Crippen molar-refractivity contribution in [3.8, 4) is 17.1 Å². The first-order chi connectivity index (χ1) is 12.6. The summed E-state index contributed by atoms with van der Waals surface area (Å²) in [5.41, 5.74) is 9.64. The highest BCUT2D eigenvalue weighted by Gasteiger charge is 2.18. The van der Waals surface area contributed by atoms with Crippen LogP contribution < -0.4 is 10.5 Å². The Morgan fingerprint density at radius 2 is 2.00 bits per heavy atom. The quantitative estimate of drug-likeness (QED) is 0.706. The number of rotatable bonds is 7. The lowest BCUT2D eigenvalue weighted by molar-refractivity contribution is -0.119. The van der Waals surface area contributed by atoms with Crippen molar-refractivity contribution < 1.29 is 9.53 Å². The van der Waals surface area contributed by atoms with Gasteiger partial charge in [-0.15, -0.1) is 0 Å². The summed E-state index contributed by atoms with van der Waals surface area (Å²) in [7, 11) is 3.40. The number of benzene rings is 1. The van der Waals surface area contributed by atoms with Crippen molar-refractivity contribution in [1.29, 1.82) is 0 Å². The number of methoxy groups -OCH3 is 1. The van der Waals surface area contributed by atoms with Crippen LogP contribution in [0, 0.1) is 0 Å². The molecule has 0 radical (unpaired) electrons. The highest BCUT2D eigenvalue weighted by molar-refractivity contribution is 5.86. The second-order valence-corrected chi connectivity index (χ2v) is 6.17. The maximum atomic E-state index is 12.5. The Kier molecular flexibility index (Phi) is 5.43. The van der Waals surface area contributed by atoms with Gasteiger partial charge in [-0.3, -0.25) is 9.48 Å². The zero-order chi connectivity index (χ0) is 18.5. The molecule has 3 aromatic rings. The van der Waals surface area contributed by atoms with Gasteiger partial charge >= 0.3 is 0 Å². The number of pyridine rings is 1. The van der Waals surface area contributed by atoms with E-state index in [1.54, 1.807) is 18.0 Å². The van der Waals surface area contributed by atoms with Crippen molar-refractivity contribution in [2.45, 2.75) is 18.9 Å². The van der Waals surface area contributed by atoms with E-state index < -0.39 is 6.04 Å². The third kappa shape index (κ3) is 4.15. The molecule has 0 saturated carbocycles. The molecule has 2 heterocycles. The maximum Gasteiger partial charge on any atom is 0.213 e. The molecule has 0 amide bonds. The number of hydrogen-bond donors (Lipinski definition) is 1. The summed E-state index contributed by atoms with van der Waals surface area (Å²) in [6.07, 6.45) is 2.45. The molecule has 1 atom stereocenters. The van der Waals surface area contributed by atoms with E-state index in [-0.39, 0.29) is 12.2 Å². The topological polar surface area (TPSA) is 83.0 Å². The summed E-state index contributed by atoms with van der Waals surface area (Å²) in [6, 6.07) is 14.8. The van der Waals surface area contributed by atoms with Gasteiger partial charge in [-0.2, -0.15) is 5.10 Å². The molecule has 0 unspecified atom stereocenters. The zero-order valence-electron chi connectivity index (χ0n) is 14.9. The lowest BCUT2D eigenvalue weighted by Gasteiger charge is -2.10. The summed E-state index contributed by atoms with van der Waals surface area (Å²) in [6.45, 7) is 0. The van der Waals surface area contributed by atoms with E-state index in [1.165, 1.54) is 0 Å². The maximum absolute atomic E-state index is 12.5.